The summed E-state index contributed by atoms with van der Waals surface area (Å²) in [5.74, 6) is -2.97. The van der Waals surface area contributed by atoms with Crippen LogP contribution in [0.2, 0.25) is 0 Å². The largest absolute Gasteiger partial charge is 0.506 e. The maximum Gasteiger partial charge on any atom is 0.342 e. The minimum Gasteiger partial charge on any atom is -0.506 e. The van der Waals surface area contributed by atoms with Crippen LogP contribution in [0.5, 0.6) is 5.75 Å². The van der Waals surface area contributed by atoms with Crippen molar-refractivity contribution in [2.75, 3.05) is 26.4 Å². The van der Waals surface area contributed by atoms with Crippen molar-refractivity contribution in [3.63, 3.8) is 0 Å². The predicted octanol–water partition coefficient (Wildman–Crippen LogP) is 15.9. The Labute approximate surface area is 415 Å². The third-order valence-corrected chi connectivity index (χ3v) is 12.5. The van der Waals surface area contributed by atoms with Crippen LogP contribution in [-0.4, -0.2) is 55.4 Å². The second-order valence-electron chi connectivity index (χ2n) is 19.2. The first-order valence-corrected chi connectivity index (χ1v) is 26.1. The molecule has 378 valence electrons. The molecule has 0 saturated heterocycles. The van der Waals surface area contributed by atoms with Crippen LogP contribution in [0.3, 0.4) is 0 Å². The lowest BCUT2D eigenvalue weighted by Crippen LogP contribution is -2.19. The number of esters is 4. The number of ether oxygens (including phenoxy) is 4. The lowest BCUT2D eigenvalue weighted by atomic mass is 9.93. The summed E-state index contributed by atoms with van der Waals surface area (Å²) in [6.07, 6.45) is 16.5. The Morgan fingerprint density at radius 2 is 0.754 bits per heavy atom. The van der Waals surface area contributed by atoms with E-state index >= 15 is 0 Å². The van der Waals surface area contributed by atoms with Gasteiger partial charge in [-0.15, -0.1) is 0 Å². The van der Waals surface area contributed by atoms with Gasteiger partial charge < -0.3 is 24.1 Å². The summed E-state index contributed by atoms with van der Waals surface area (Å²) >= 11 is 0. The maximum absolute atomic E-state index is 13.9. The average molecular weight is 949 g/mol. The molecule has 0 radical (unpaired) electrons. The molecule has 69 heavy (non-hydrogen) atoms. The number of hydrogen-bond donors (Lipinski definition) is 1. The van der Waals surface area contributed by atoms with Gasteiger partial charge in [-0.25, -0.2) is 19.2 Å². The zero-order valence-electron chi connectivity index (χ0n) is 43.3. The molecule has 0 aliphatic rings. The SMILES string of the molecule is CCCCCC(C)COC(=O)c1ccc(-c2ccc(C(=O)OCC(C)CCCCC)c(O)c2C(=O)OCC(C)CCCCC)cc1C(=O)OCC(C)CCCCC.c1ccc(-c2ccccc2)cc1. The average Bonchev–Trinajstić information content (AvgIpc) is 3.36. The first-order valence-electron chi connectivity index (χ1n) is 26.1. The van der Waals surface area contributed by atoms with Crippen molar-refractivity contribution < 1.29 is 43.2 Å². The summed E-state index contributed by atoms with van der Waals surface area (Å²) in [6, 6.07) is 28.3. The van der Waals surface area contributed by atoms with Crippen molar-refractivity contribution in [2.24, 2.45) is 23.7 Å². The van der Waals surface area contributed by atoms with Crippen LogP contribution in [0.25, 0.3) is 22.3 Å². The van der Waals surface area contributed by atoms with E-state index in [0.29, 0.717) is 5.56 Å². The highest BCUT2D eigenvalue weighted by atomic mass is 16.5. The molecule has 1 N–H and O–H groups in total. The number of aromatic hydroxyl groups is 1. The third-order valence-electron chi connectivity index (χ3n) is 12.5. The van der Waals surface area contributed by atoms with Crippen LogP contribution in [0.4, 0.5) is 0 Å². The zero-order chi connectivity index (χ0) is 50.4. The third kappa shape index (κ3) is 21.0. The van der Waals surface area contributed by atoms with Gasteiger partial charge in [0.05, 0.1) is 37.6 Å². The van der Waals surface area contributed by atoms with Gasteiger partial charge in [-0.3, -0.25) is 0 Å². The van der Waals surface area contributed by atoms with Crippen molar-refractivity contribution in [3.05, 3.63) is 113 Å². The summed E-state index contributed by atoms with van der Waals surface area (Å²) < 4.78 is 22.9. The molecule has 4 atom stereocenters. The van der Waals surface area contributed by atoms with Crippen molar-refractivity contribution in [1.29, 1.82) is 0 Å². The Balaban J connectivity index is 0.000000898. The Morgan fingerprint density at radius 3 is 1.14 bits per heavy atom. The lowest BCUT2D eigenvalue weighted by molar-refractivity contribution is 0.0396. The summed E-state index contributed by atoms with van der Waals surface area (Å²) in [7, 11) is 0. The van der Waals surface area contributed by atoms with Gasteiger partial charge in [0, 0.05) is 5.56 Å². The molecule has 4 aromatic carbocycles. The van der Waals surface area contributed by atoms with Crippen LogP contribution in [0, 0.1) is 23.7 Å². The number of benzene rings is 4. The summed E-state index contributed by atoms with van der Waals surface area (Å²) in [5, 5.41) is 11.6. The van der Waals surface area contributed by atoms with Crippen molar-refractivity contribution in [3.8, 4) is 28.0 Å². The molecule has 0 fully saturated rings. The summed E-state index contributed by atoms with van der Waals surface area (Å²) in [6.45, 7) is 17.3. The molecule has 4 rings (SSSR count). The molecule has 4 aromatic rings. The molecule has 0 aromatic heterocycles. The summed E-state index contributed by atoms with van der Waals surface area (Å²) in [4.78, 5) is 54.6. The molecule has 9 heteroatoms. The Morgan fingerprint density at radius 1 is 0.406 bits per heavy atom. The summed E-state index contributed by atoms with van der Waals surface area (Å²) in [5.41, 5.74) is 2.79. The van der Waals surface area contributed by atoms with E-state index in [0.717, 1.165) is 103 Å². The fourth-order valence-corrected chi connectivity index (χ4v) is 8.00. The molecule has 4 unspecified atom stereocenters. The lowest BCUT2D eigenvalue weighted by Gasteiger charge is -2.18. The van der Waals surface area contributed by atoms with Crippen LogP contribution in [-0.2, 0) is 18.9 Å². The number of phenolic OH excluding ortho intramolecular Hbond substituents is 1. The molecule has 0 spiro atoms. The van der Waals surface area contributed by atoms with E-state index in [-0.39, 0.29) is 77.9 Å². The second kappa shape index (κ2) is 33.2. The highest BCUT2D eigenvalue weighted by molar-refractivity contribution is 6.07. The highest BCUT2D eigenvalue weighted by Gasteiger charge is 2.28. The first kappa shape index (κ1) is 57.9. The van der Waals surface area contributed by atoms with Gasteiger partial charge >= 0.3 is 23.9 Å². The van der Waals surface area contributed by atoms with E-state index in [4.69, 9.17) is 18.9 Å². The highest BCUT2D eigenvalue weighted by Crippen LogP contribution is 2.36. The fourth-order valence-electron chi connectivity index (χ4n) is 8.00. The van der Waals surface area contributed by atoms with Gasteiger partial charge in [-0.2, -0.15) is 0 Å². The predicted molar refractivity (Wildman–Crippen MR) is 280 cm³/mol. The number of hydrogen-bond acceptors (Lipinski definition) is 9. The number of phenols is 1. The van der Waals surface area contributed by atoms with Crippen molar-refractivity contribution in [2.45, 2.75) is 158 Å². The topological polar surface area (TPSA) is 125 Å². The Kier molecular flexibility index (Phi) is 27.8. The smallest absolute Gasteiger partial charge is 0.342 e. The molecule has 0 aliphatic heterocycles. The van der Waals surface area contributed by atoms with Gasteiger partial charge in [0.15, 0.2) is 0 Å². The van der Waals surface area contributed by atoms with Crippen LogP contribution >= 0.6 is 0 Å². The maximum atomic E-state index is 13.9. The molecule has 0 heterocycles. The number of carbonyl (C=O) groups excluding carboxylic acids is 4. The molecular weight excluding hydrogens is 865 g/mol. The quantitative estimate of drug-likeness (QED) is 0.0309. The molecule has 0 bridgehead atoms. The molecule has 0 aliphatic carbocycles. The number of unbranched alkanes of at least 4 members (excludes halogenated alkanes) is 8. The minimum atomic E-state index is -0.807. The fraction of sp³-hybridized carbons (Fsp3) is 0.533. The van der Waals surface area contributed by atoms with E-state index in [1.54, 1.807) is 12.1 Å². The van der Waals surface area contributed by atoms with Gasteiger partial charge in [0.25, 0.3) is 0 Å². The van der Waals surface area contributed by atoms with Crippen molar-refractivity contribution in [1.82, 2.24) is 0 Å². The van der Waals surface area contributed by atoms with Crippen LogP contribution in [0.1, 0.15) is 200 Å². The van der Waals surface area contributed by atoms with E-state index in [2.05, 4.69) is 76.2 Å². The van der Waals surface area contributed by atoms with E-state index in [1.165, 1.54) is 29.3 Å². The number of carbonyl (C=O) groups is 4. The molecule has 9 nitrogen and oxygen atoms in total. The minimum absolute atomic E-state index is 0.0132. The van der Waals surface area contributed by atoms with E-state index in [9.17, 15) is 24.3 Å². The van der Waals surface area contributed by atoms with Crippen LogP contribution < -0.4 is 0 Å². The Bertz CT molecular complexity index is 2060. The van der Waals surface area contributed by atoms with E-state index < -0.39 is 29.6 Å². The number of rotatable bonds is 30. The molecule has 0 amide bonds. The van der Waals surface area contributed by atoms with E-state index in [1.807, 2.05) is 39.8 Å². The monoisotopic (exact) mass is 949 g/mol. The normalized spacial score (nSPS) is 12.7. The van der Waals surface area contributed by atoms with Crippen LogP contribution in [0.15, 0.2) is 91.0 Å². The van der Waals surface area contributed by atoms with Gasteiger partial charge in [0.1, 0.15) is 16.9 Å². The van der Waals surface area contributed by atoms with Gasteiger partial charge in [0.2, 0.25) is 0 Å². The van der Waals surface area contributed by atoms with Gasteiger partial charge in [-0.1, -0.05) is 205 Å². The molecular formula is C60H84O9. The Hall–Kier alpha value is -5.44. The second-order valence-corrected chi connectivity index (χ2v) is 19.2. The standard InChI is InChI=1S/C48H74O9.C12H10/c1-9-13-17-21-34(5)30-54-45(50)40-26-25-38(29-42(40)47(52)56-32-36(7)23-19-15-11-3)39-27-28-41(46(51)55-31-35(6)22-18-14-10-2)44(49)43(39)48(53)57-33-37(8)24-20-16-12-4;1-3-7-11(8-4-1)12-9-5-2-6-10-12/h25-29,34-37,49H,9-24,30-33H2,1-8H3;1-10H. The molecule has 0 saturated carbocycles. The van der Waals surface area contributed by atoms with Crippen molar-refractivity contribution >= 4 is 23.9 Å². The zero-order valence-corrected chi connectivity index (χ0v) is 43.3. The van der Waals surface area contributed by atoms with Gasteiger partial charge in [-0.05, 0) is 84.2 Å². The first-order chi connectivity index (χ1) is 33.3.